The summed E-state index contributed by atoms with van der Waals surface area (Å²) >= 11 is 6.02. The van der Waals surface area contributed by atoms with E-state index in [0.29, 0.717) is 30.2 Å². The van der Waals surface area contributed by atoms with Gasteiger partial charge in [0.05, 0.1) is 10.7 Å². The standard InChI is InChI=1S/C18H20ClFN2O/c1-2-22(13-14-6-5-7-15(20)12-14)11-10-18(23)21-17-9-4-3-8-16(17)19/h3-9,12H,2,10-11,13H2,1H3,(H,21,23). The first-order valence-electron chi connectivity index (χ1n) is 7.59. The number of rotatable bonds is 7. The Labute approximate surface area is 141 Å². The maximum Gasteiger partial charge on any atom is 0.225 e. The topological polar surface area (TPSA) is 32.3 Å². The molecule has 5 heteroatoms. The highest BCUT2D eigenvalue weighted by molar-refractivity contribution is 6.33. The van der Waals surface area contributed by atoms with Crippen molar-refractivity contribution in [1.82, 2.24) is 4.90 Å². The van der Waals surface area contributed by atoms with Crippen LogP contribution in [-0.4, -0.2) is 23.9 Å². The van der Waals surface area contributed by atoms with Gasteiger partial charge in [0.25, 0.3) is 0 Å². The number of hydrogen-bond acceptors (Lipinski definition) is 2. The van der Waals surface area contributed by atoms with Crippen molar-refractivity contribution in [3.8, 4) is 0 Å². The molecule has 2 aromatic carbocycles. The Bertz CT molecular complexity index is 663. The maximum atomic E-state index is 13.2. The van der Waals surface area contributed by atoms with Crippen molar-refractivity contribution in [2.75, 3.05) is 18.4 Å². The van der Waals surface area contributed by atoms with Crippen LogP contribution in [0.4, 0.5) is 10.1 Å². The Kier molecular flexibility index (Phi) is 6.56. The van der Waals surface area contributed by atoms with E-state index >= 15 is 0 Å². The SMILES string of the molecule is CCN(CCC(=O)Nc1ccccc1Cl)Cc1cccc(F)c1. The molecule has 2 rings (SSSR count). The predicted octanol–water partition coefficient (Wildman–Crippen LogP) is 4.33. The third-order valence-corrected chi connectivity index (χ3v) is 3.88. The molecule has 0 aliphatic rings. The molecule has 3 nitrogen and oxygen atoms in total. The van der Waals surface area contributed by atoms with Crippen LogP contribution < -0.4 is 5.32 Å². The molecule has 1 amide bonds. The largest absolute Gasteiger partial charge is 0.325 e. The van der Waals surface area contributed by atoms with Gasteiger partial charge in [0.1, 0.15) is 5.82 Å². The Balaban J connectivity index is 1.85. The second kappa shape index (κ2) is 8.65. The Morgan fingerprint density at radius 1 is 1.22 bits per heavy atom. The van der Waals surface area contributed by atoms with Gasteiger partial charge in [0, 0.05) is 19.5 Å². The van der Waals surface area contributed by atoms with Crippen molar-refractivity contribution in [3.63, 3.8) is 0 Å². The number of halogens is 2. The zero-order chi connectivity index (χ0) is 16.7. The molecule has 1 N–H and O–H groups in total. The van der Waals surface area contributed by atoms with Crippen LogP contribution in [0.15, 0.2) is 48.5 Å². The highest BCUT2D eigenvalue weighted by Gasteiger charge is 2.09. The summed E-state index contributed by atoms with van der Waals surface area (Å²) in [7, 11) is 0. The molecule has 0 radical (unpaired) electrons. The van der Waals surface area contributed by atoms with Crippen LogP contribution in [0.25, 0.3) is 0 Å². The van der Waals surface area contributed by atoms with Crippen LogP contribution in [0.3, 0.4) is 0 Å². The highest BCUT2D eigenvalue weighted by Crippen LogP contribution is 2.20. The van der Waals surface area contributed by atoms with Gasteiger partial charge in [-0.15, -0.1) is 0 Å². The third-order valence-electron chi connectivity index (χ3n) is 3.55. The minimum atomic E-state index is -0.241. The molecule has 0 aliphatic carbocycles. The number of carbonyl (C=O) groups excluding carboxylic acids is 1. The van der Waals surface area contributed by atoms with Crippen molar-refractivity contribution in [2.45, 2.75) is 19.9 Å². The molecule has 0 unspecified atom stereocenters. The van der Waals surface area contributed by atoms with Crippen molar-refractivity contribution in [1.29, 1.82) is 0 Å². The van der Waals surface area contributed by atoms with E-state index < -0.39 is 0 Å². The second-order valence-corrected chi connectivity index (χ2v) is 5.68. The van der Waals surface area contributed by atoms with Gasteiger partial charge in [-0.1, -0.05) is 42.8 Å². The molecule has 0 saturated heterocycles. The van der Waals surface area contributed by atoms with E-state index in [1.54, 1.807) is 18.2 Å². The number of para-hydroxylation sites is 1. The Morgan fingerprint density at radius 2 is 2.00 bits per heavy atom. The van der Waals surface area contributed by atoms with Gasteiger partial charge in [-0.05, 0) is 36.4 Å². The molecule has 0 saturated carbocycles. The van der Waals surface area contributed by atoms with E-state index in [9.17, 15) is 9.18 Å². The van der Waals surface area contributed by atoms with Crippen LogP contribution >= 0.6 is 11.6 Å². The molecule has 0 spiro atoms. The first-order valence-corrected chi connectivity index (χ1v) is 7.97. The summed E-state index contributed by atoms with van der Waals surface area (Å²) in [6, 6.07) is 13.7. The first kappa shape index (κ1) is 17.4. The molecule has 0 heterocycles. The van der Waals surface area contributed by atoms with Crippen LogP contribution in [0.1, 0.15) is 18.9 Å². The first-order chi connectivity index (χ1) is 11.1. The van der Waals surface area contributed by atoms with Crippen molar-refractivity contribution in [3.05, 3.63) is 64.9 Å². The smallest absolute Gasteiger partial charge is 0.225 e. The minimum absolute atomic E-state index is 0.0872. The number of amides is 1. The predicted molar refractivity (Wildman–Crippen MR) is 92.0 cm³/mol. The normalized spacial score (nSPS) is 10.8. The fourth-order valence-electron chi connectivity index (χ4n) is 2.28. The summed E-state index contributed by atoms with van der Waals surface area (Å²) in [5.41, 5.74) is 1.52. The molecule has 0 bridgehead atoms. The molecule has 122 valence electrons. The minimum Gasteiger partial charge on any atom is -0.325 e. The molecule has 0 aliphatic heterocycles. The van der Waals surface area contributed by atoms with Gasteiger partial charge in [0.15, 0.2) is 0 Å². The number of anilines is 1. The molecule has 0 aromatic heterocycles. The lowest BCUT2D eigenvalue weighted by Gasteiger charge is -2.20. The van der Waals surface area contributed by atoms with E-state index in [4.69, 9.17) is 11.6 Å². The van der Waals surface area contributed by atoms with Gasteiger partial charge in [-0.25, -0.2) is 4.39 Å². The number of benzene rings is 2. The van der Waals surface area contributed by atoms with E-state index in [-0.39, 0.29) is 11.7 Å². The zero-order valence-electron chi connectivity index (χ0n) is 13.1. The monoisotopic (exact) mass is 334 g/mol. The van der Waals surface area contributed by atoms with E-state index in [0.717, 1.165) is 12.1 Å². The fraction of sp³-hybridized carbons (Fsp3) is 0.278. The van der Waals surface area contributed by atoms with Crippen LogP contribution in [0.5, 0.6) is 0 Å². The Morgan fingerprint density at radius 3 is 2.70 bits per heavy atom. The third kappa shape index (κ3) is 5.66. The summed E-state index contributed by atoms with van der Waals surface area (Å²) in [5, 5.41) is 3.33. The van der Waals surface area contributed by atoms with Gasteiger partial charge in [-0.2, -0.15) is 0 Å². The fourth-order valence-corrected chi connectivity index (χ4v) is 2.46. The highest BCUT2D eigenvalue weighted by atomic mass is 35.5. The van der Waals surface area contributed by atoms with E-state index in [2.05, 4.69) is 10.2 Å². The van der Waals surface area contributed by atoms with Crippen LogP contribution in [-0.2, 0) is 11.3 Å². The number of nitrogens with one attached hydrogen (secondary N) is 1. The van der Waals surface area contributed by atoms with Gasteiger partial charge in [0.2, 0.25) is 5.91 Å². The van der Waals surface area contributed by atoms with Gasteiger partial charge < -0.3 is 5.32 Å². The lowest BCUT2D eigenvalue weighted by molar-refractivity contribution is -0.116. The number of hydrogen-bond donors (Lipinski definition) is 1. The molecule has 0 fully saturated rings. The van der Waals surface area contributed by atoms with Crippen LogP contribution in [0.2, 0.25) is 5.02 Å². The van der Waals surface area contributed by atoms with Crippen LogP contribution in [0, 0.1) is 5.82 Å². The average molecular weight is 335 g/mol. The molecular formula is C18H20ClFN2O. The lowest BCUT2D eigenvalue weighted by Crippen LogP contribution is -2.27. The molecule has 23 heavy (non-hydrogen) atoms. The molecular weight excluding hydrogens is 315 g/mol. The maximum absolute atomic E-state index is 13.2. The lowest BCUT2D eigenvalue weighted by atomic mass is 10.2. The van der Waals surface area contributed by atoms with Crippen molar-refractivity contribution >= 4 is 23.2 Å². The average Bonchev–Trinajstić information content (AvgIpc) is 2.53. The summed E-state index contributed by atoms with van der Waals surface area (Å²) in [6.45, 7) is 4.03. The number of nitrogens with zero attached hydrogens (tertiary/aromatic N) is 1. The Hall–Kier alpha value is -1.91. The zero-order valence-corrected chi connectivity index (χ0v) is 13.8. The quantitative estimate of drug-likeness (QED) is 0.817. The van der Waals surface area contributed by atoms with Gasteiger partial charge in [-0.3, -0.25) is 9.69 Å². The number of carbonyl (C=O) groups is 1. The van der Waals surface area contributed by atoms with Crippen molar-refractivity contribution < 1.29 is 9.18 Å². The molecule has 2 aromatic rings. The summed E-state index contributed by atoms with van der Waals surface area (Å²) < 4.78 is 13.2. The van der Waals surface area contributed by atoms with Crippen molar-refractivity contribution in [2.24, 2.45) is 0 Å². The van der Waals surface area contributed by atoms with Gasteiger partial charge >= 0.3 is 0 Å². The molecule has 0 atom stereocenters. The summed E-state index contributed by atoms with van der Waals surface area (Å²) in [4.78, 5) is 14.1. The van der Waals surface area contributed by atoms with E-state index in [1.165, 1.54) is 12.1 Å². The summed E-state index contributed by atoms with van der Waals surface area (Å²) in [5.74, 6) is -0.328. The second-order valence-electron chi connectivity index (χ2n) is 5.28. The van der Waals surface area contributed by atoms with E-state index in [1.807, 2.05) is 25.1 Å². The summed E-state index contributed by atoms with van der Waals surface area (Å²) in [6.07, 6.45) is 0.356.